The molecule has 0 aliphatic carbocycles. The molecule has 3 aliphatic rings. The van der Waals surface area contributed by atoms with Crippen molar-refractivity contribution < 1.29 is 36.6 Å². The number of rotatable bonds is 6. The Kier molecular flexibility index (Phi) is 8.36. The van der Waals surface area contributed by atoms with Crippen molar-refractivity contribution in [2.45, 2.75) is 25.1 Å². The van der Waals surface area contributed by atoms with Gasteiger partial charge in [0.05, 0.1) is 30.2 Å². The molecule has 3 aliphatic heterocycles. The number of nitrogens with one attached hydrogen (secondary N) is 1. The number of benzene rings is 1. The van der Waals surface area contributed by atoms with Gasteiger partial charge in [-0.25, -0.2) is 4.99 Å². The molecule has 0 spiro atoms. The summed E-state index contributed by atoms with van der Waals surface area (Å²) in [4.78, 5) is 36.2. The number of likely N-dealkylation sites (N-methyl/N-ethyl adjacent to an activating group) is 1. The first kappa shape index (κ1) is 28.7. The average molecular weight is 576 g/mol. The molecule has 41 heavy (non-hydrogen) atoms. The molecule has 0 saturated carbocycles. The van der Waals surface area contributed by atoms with E-state index in [0.29, 0.717) is 62.7 Å². The maximum atomic E-state index is 15.2. The van der Waals surface area contributed by atoms with E-state index >= 15 is 4.39 Å². The zero-order valence-electron chi connectivity index (χ0n) is 22.3. The van der Waals surface area contributed by atoms with E-state index in [-0.39, 0.29) is 23.2 Å². The standard InChI is InChI=1S/C28H29F4N5O4/c1-36-8-10-37(11-9-36)23-4-2-17(19-3-5-25(35-26(19)29)41-18-6-12-40-13-7-18)14-22(23)34-27(39)20-16-33-24(38)15-21(20)28(30,31)32/h2-5,14-16,18,20H,6-13H2,1H3,(H,34,39). The van der Waals surface area contributed by atoms with Gasteiger partial charge in [0.2, 0.25) is 17.7 Å². The van der Waals surface area contributed by atoms with Gasteiger partial charge in [-0.05, 0) is 30.8 Å². The Morgan fingerprint density at radius 3 is 2.51 bits per heavy atom. The van der Waals surface area contributed by atoms with Gasteiger partial charge in [-0.3, -0.25) is 9.59 Å². The summed E-state index contributed by atoms with van der Waals surface area (Å²) < 4.78 is 67.2. The van der Waals surface area contributed by atoms with Crippen LogP contribution in [-0.4, -0.2) is 86.6 Å². The highest BCUT2D eigenvalue weighted by Crippen LogP contribution is 2.36. The number of aliphatic imine (C=N–C) groups is 1. The van der Waals surface area contributed by atoms with Crippen LogP contribution in [0, 0.1) is 11.9 Å². The minimum atomic E-state index is -4.91. The van der Waals surface area contributed by atoms with Crippen LogP contribution in [0.1, 0.15) is 12.8 Å². The third-order valence-corrected chi connectivity index (χ3v) is 7.26. The molecule has 1 aromatic heterocycles. The van der Waals surface area contributed by atoms with Gasteiger partial charge in [-0.2, -0.15) is 22.5 Å². The Labute approximate surface area is 233 Å². The van der Waals surface area contributed by atoms with Crippen LogP contribution in [0.4, 0.5) is 28.9 Å². The first-order valence-electron chi connectivity index (χ1n) is 13.2. The summed E-state index contributed by atoms with van der Waals surface area (Å²) in [5.41, 5.74) is -0.0387. The first-order valence-corrected chi connectivity index (χ1v) is 13.2. The van der Waals surface area contributed by atoms with Gasteiger partial charge in [0.25, 0.3) is 5.91 Å². The van der Waals surface area contributed by atoms with Crippen molar-refractivity contribution in [3.05, 3.63) is 47.9 Å². The Hall–Kier alpha value is -3.84. The lowest BCUT2D eigenvalue weighted by Crippen LogP contribution is -2.44. The van der Waals surface area contributed by atoms with Crippen LogP contribution in [0.15, 0.2) is 47.0 Å². The molecule has 2 fully saturated rings. The molecule has 0 bridgehead atoms. The highest BCUT2D eigenvalue weighted by atomic mass is 19.4. The van der Waals surface area contributed by atoms with Gasteiger partial charge in [0.15, 0.2) is 0 Å². The van der Waals surface area contributed by atoms with Crippen LogP contribution < -0.4 is 15.0 Å². The van der Waals surface area contributed by atoms with Crippen molar-refractivity contribution in [1.29, 1.82) is 0 Å². The zero-order chi connectivity index (χ0) is 29.1. The maximum Gasteiger partial charge on any atom is 0.414 e. The van der Waals surface area contributed by atoms with Crippen molar-refractivity contribution in [2.24, 2.45) is 10.9 Å². The van der Waals surface area contributed by atoms with Crippen molar-refractivity contribution in [3.63, 3.8) is 0 Å². The number of hydrogen-bond acceptors (Lipinski definition) is 7. The monoisotopic (exact) mass is 575 g/mol. The van der Waals surface area contributed by atoms with Gasteiger partial charge >= 0.3 is 6.18 Å². The van der Waals surface area contributed by atoms with Crippen LogP contribution in [0.25, 0.3) is 11.1 Å². The molecule has 218 valence electrons. The number of halogens is 4. The van der Waals surface area contributed by atoms with Crippen LogP contribution in [-0.2, 0) is 14.3 Å². The summed E-state index contributed by atoms with van der Waals surface area (Å²) in [6.45, 7) is 3.81. The topological polar surface area (TPSA) is 96.4 Å². The molecular formula is C28H29F4N5O4. The van der Waals surface area contributed by atoms with Gasteiger partial charge in [-0.1, -0.05) is 6.07 Å². The lowest BCUT2D eigenvalue weighted by atomic mass is 9.95. The minimum absolute atomic E-state index is 0.125. The third kappa shape index (κ3) is 6.73. The fourth-order valence-corrected chi connectivity index (χ4v) is 4.96. The van der Waals surface area contributed by atoms with E-state index in [1.54, 1.807) is 18.2 Å². The van der Waals surface area contributed by atoms with Gasteiger partial charge < -0.3 is 24.6 Å². The van der Waals surface area contributed by atoms with E-state index in [9.17, 15) is 22.8 Å². The number of carbonyl (C=O) groups excluding carboxylic acids is 2. The number of amides is 2. The number of aromatic nitrogens is 1. The van der Waals surface area contributed by atoms with Gasteiger partial charge in [-0.15, -0.1) is 0 Å². The first-order chi connectivity index (χ1) is 19.6. The summed E-state index contributed by atoms with van der Waals surface area (Å²) in [6.07, 6.45) is -2.66. The number of hydrogen-bond donors (Lipinski definition) is 1. The molecule has 9 nitrogen and oxygen atoms in total. The molecule has 2 aromatic rings. The normalized spacial score (nSPS) is 20.6. The van der Waals surface area contributed by atoms with Crippen molar-refractivity contribution in [3.8, 4) is 17.0 Å². The second-order valence-corrected chi connectivity index (χ2v) is 10.1. The van der Waals surface area contributed by atoms with Gasteiger partial charge in [0.1, 0.15) is 12.0 Å². The molecule has 1 aromatic carbocycles. The smallest absolute Gasteiger partial charge is 0.414 e. The number of piperazine rings is 1. The Morgan fingerprint density at radius 1 is 1.10 bits per heavy atom. The quantitative estimate of drug-likeness (QED) is 0.413. The summed E-state index contributed by atoms with van der Waals surface area (Å²) in [5.74, 6) is -4.58. The van der Waals surface area contributed by atoms with Crippen molar-refractivity contribution in [1.82, 2.24) is 9.88 Å². The van der Waals surface area contributed by atoms with E-state index in [1.165, 1.54) is 12.1 Å². The highest BCUT2D eigenvalue weighted by Gasteiger charge is 2.43. The third-order valence-electron chi connectivity index (χ3n) is 7.26. The van der Waals surface area contributed by atoms with Crippen LogP contribution in [0.3, 0.4) is 0 Å². The van der Waals surface area contributed by atoms with E-state index in [4.69, 9.17) is 9.47 Å². The number of ether oxygens (including phenoxy) is 2. The van der Waals surface area contributed by atoms with Crippen LogP contribution in [0.2, 0.25) is 0 Å². The van der Waals surface area contributed by atoms with Crippen LogP contribution >= 0.6 is 0 Å². The minimum Gasteiger partial charge on any atom is -0.474 e. The number of alkyl halides is 3. The fourth-order valence-electron chi connectivity index (χ4n) is 4.96. The average Bonchev–Trinajstić information content (AvgIpc) is 2.94. The molecule has 13 heteroatoms. The molecule has 1 unspecified atom stereocenters. The van der Waals surface area contributed by atoms with Crippen molar-refractivity contribution >= 4 is 29.4 Å². The molecule has 4 heterocycles. The SMILES string of the molecule is CN1CCN(c2ccc(-c3ccc(OC4CCOCC4)nc3F)cc2NC(=O)C2C=NC(=O)C=C2C(F)(F)F)CC1. The molecule has 2 amide bonds. The Bertz CT molecular complexity index is 1370. The largest absolute Gasteiger partial charge is 0.474 e. The summed E-state index contributed by atoms with van der Waals surface area (Å²) in [5, 5.41) is 2.58. The second kappa shape index (κ2) is 12.0. The summed E-state index contributed by atoms with van der Waals surface area (Å²) in [7, 11) is 1.98. The molecule has 1 N–H and O–H groups in total. The predicted octanol–water partition coefficient (Wildman–Crippen LogP) is 3.85. The Balaban J connectivity index is 1.44. The molecule has 1 atom stereocenters. The maximum absolute atomic E-state index is 15.2. The molecular weight excluding hydrogens is 546 g/mol. The van der Waals surface area contributed by atoms with Gasteiger partial charge in [0, 0.05) is 62.9 Å². The fraction of sp³-hybridized carbons (Fsp3) is 0.429. The van der Waals surface area contributed by atoms with E-state index < -0.39 is 35.4 Å². The second-order valence-electron chi connectivity index (χ2n) is 10.1. The van der Waals surface area contributed by atoms with E-state index in [2.05, 4.69) is 20.2 Å². The molecule has 0 radical (unpaired) electrons. The lowest BCUT2D eigenvalue weighted by Gasteiger charge is -2.35. The van der Waals surface area contributed by atoms with Crippen LogP contribution in [0.5, 0.6) is 5.88 Å². The number of carbonyl (C=O) groups is 2. The Morgan fingerprint density at radius 2 is 1.83 bits per heavy atom. The van der Waals surface area contributed by atoms with E-state index in [1.807, 2.05) is 11.9 Å². The lowest BCUT2D eigenvalue weighted by molar-refractivity contribution is -0.124. The summed E-state index contributed by atoms with van der Waals surface area (Å²) >= 11 is 0. The molecule has 2 saturated heterocycles. The predicted molar refractivity (Wildman–Crippen MR) is 144 cm³/mol. The highest BCUT2D eigenvalue weighted by molar-refractivity contribution is 6.11. The number of nitrogens with zero attached hydrogens (tertiary/aromatic N) is 4. The summed E-state index contributed by atoms with van der Waals surface area (Å²) in [6, 6.07) is 7.94. The van der Waals surface area contributed by atoms with Crippen molar-refractivity contribution in [2.75, 3.05) is 56.7 Å². The number of dihydropyridines is 1. The number of pyridine rings is 1. The number of anilines is 2. The van der Waals surface area contributed by atoms with E-state index in [0.717, 1.165) is 13.1 Å². The zero-order valence-corrected chi connectivity index (χ0v) is 22.3. The molecule has 5 rings (SSSR count).